The average molecular weight is 402 g/mol. The molecule has 0 aromatic heterocycles. The minimum Gasteiger partial charge on any atom is -0.368 e. The number of alkyl halides is 3. The molecule has 4 nitrogen and oxygen atoms in total. The third-order valence-corrected chi connectivity index (χ3v) is 5.79. The van der Waals surface area contributed by atoms with Crippen molar-refractivity contribution in [3.8, 4) is 0 Å². The fraction of sp³-hybridized carbons (Fsp3) is 0.333. The lowest BCUT2D eigenvalue weighted by atomic mass is 9.97. The van der Waals surface area contributed by atoms with Crippen LogP contribution in [0.15, 0.2) is 47.4 Å². The van der Waals surface area contributed by atoms with Gasteiger partial charge in [-0.2, -0.15) is 13.2 Å². The van der Waals surface area contributed by atoms with Crippen LogP contribution >= 0.6 is 0 Å². The Balaban J connectivity index is 1.95. The summed E-state index contributed by atoms with van der Waals surface area (Å²) >= 11 is 0. The van der Waals surface area contributed by atoms with Gasteiger partial charge in [0, 0.05) is 24.2 Å². The van der Waals surface area contributed by atoms with Crippen LogP contribution in [0.5, 0.6) is 0 Å². The second kappa shape index (κ2) is 6.79. The highest BCUT2D eigenvalue weighted by molar-refractivity contribution is 7.89. The third-order valence-electron chi connectivity index (χ3n) is 4.82. The summed E-state index contributed by atoms with van der Waals surface area (Å²) in [5, 5.41) is 4.92. The van der Waals surface area contributed by atoms with E-state index in [1.165, 1.54) is 18.2 Å². The fourth-order valence-electron chi connectivity index (χ4n) is 3.53. The van der Waals surface area contributed by atoms with Crippen molar-refractivity contribution in [3.63, 3.8) is 0 Å². The van der Waals surface area contributed by atoms with Gasteiger partial charge in [0.1, 0.15) is 5.82 Å². The van der Waals surface area contributed by atoms with Crippen LogP contribution in [0, 0.1) is 5.82 Å². The number of anilines is 1. The van der Waals surface area contributed by atoms with Crippen LogP contribution in [-0.4, -0.2) is 21.0 Å². The molecule has 0 spiro atoms. The van der Waals surface area contributed by atoms with E-state index in [1.807, 2.05) is 6.92 Å². The number of rotatable bonds is 3. The second-order valence-corrected chi connectivity index (χ2v) is 8.24. The van der Waals surface area contributed by atoms with Crippen LogP contribution in [-0.2, 0) is 16.2 Å². The molecule has 1 aliphatic heterocycles. The molecule has 0 aliphatic carbocycles. The summed E-state index contributed by atoms with van der Waals surface area (Å²) in [4.78, 5) is 0.844. The molecule has 27 heavy (non-hydrogen) atoms. The van der Waals surface area contributed by atoms with Crippen LogP contribution in [0.4, 0.5) is 23.2 Å². The first-order valence-corrected chi connectivity index (χ1v) is 9.77. The number of primary sulfonamides is 1. The van der Waals surface area contributed by atoms with Gasteiger partial charge >= 0.3 is 6.18 Å². The molecule has 0 saturated carbocycles. The molecule has 2 N–H and O–H groups in total. The predicted molar refractivity (Wildman–Crippen MR) is 93.4 cm³/mol. The summed E-state index contributed by atoms with van der Waals surface area (Å²) in [5.41, 5.74) is -0.102. The van der Waals surface area contributed by atoms with E-state index in [0.717, 1.165) is 17.7 Å². The van der Waals surface area contributed by atoms with Crippen molar-refractivity contribution in [2.24, 2.45) is 5.14 Å². The molecule has 2 unspecified atom stereocenters. The van der Waals surface area contributed by atoms with Crippen molar-refractivity contribution < 1.29 is 26.0 Å². The third kappa shape index (κ3) is 4.08. The molecule has 1 fully saturated rings. The Morgan fingerprint density at radius 1 is 1.11 bits per heavy atom. The molecule has 146 valence electrons. The van der Waals surface area contributed by atoms with Gasteiger partial charge < -0.3 is 4.90 Å². The number of sulfonamides is 1. The van der Waals surface area contributed by atoms with Gasteiger partial charge in [-0.3, -0.25) is 0 Å². The van der Waals surface area contributed by atoms with E-state index < -0.39 is 26.7 Å². The summed E-state index contributed by atoms with van der Waals surface area (Å²) in [7, 11) is -4.50. The van der Waals surface area contributed by atoms with Crippen LogP contribution in [0.25, 0.3) is 0 Å². The summed E-state index contributed by atoms with van der Waals surface area (Å²) in [5.74, 6) is -0.317. The van der Waals surface area contributed by atoms with Crippen molar-refractivity contribution in [1.82, 2.24) is 0 Å². The largest absolute Gasteiger partial charge is 0.417 e. The molecule has 2 atom stereocenters. The van der Waals surface area contributed by atoms with Crippen molar-refractivity contribution in [2.45, 2.75) is 36.4 Å². The van der Waals surface area contributed by atoms with Gasteiger partial charge in [0.05, 0.1) is 10.5 Å². The molecule has 0 bridgehead atoms. The molecule has 1 saturated heterocycles. The Kier molecular flexibility index (Phi) is 4.94. The van der Waals surface area contributed by atoms with Gasteiger partial charge in [-0.25, -0.2) is 17.9 Å². The summed E-state index contributed by atoms with van der Waals surface area (Å²) in [6.45, 7) is 2.32. The van der Waals surface area contributed by atoms with Crippen molar-refractivity contribution >= 4 is 15.7 Å². The molecule has 9 heteroatoms. The van der Waals surface area contributed by atoms with Crippen molar-refractivity contribution in [3.05, 3.63) is 59.4 Å². The zero-order chi connectivity index (χ0) is 20.0. The summed E-state index contributed by atoms with van der Waals surface area (Å²) < 4.78 is 76.1. The monoisotopic (exact) mass is 402 g/mol. The lowest BCUT2D eigenvalue weighted by Crippen LogP contribution is -2.27. The van der Waals surface area contributed by atoms with E-state index in [0.29, 0.717) is 13.0 Å². The normalized spacial score (nSPS) is 20.9. The molecule has 2 aromatic rings. The van der Waals surface area contributed by atoms with E-state index in [1.54, 1.807) is 17.0 Å². The Morgan fingerprint density at radius 3 is 2.30 bits per heavy atom. The summed E-state index contributed by atoms with van der Waals surface area (Å²) in [6.07, 6.45) is -4.17. The zero-order valence-corrected chi connectivity index (χ0v) is 15.2. The van der Waals surface area contributed by atoms with Crippen molar-refractivity contribution in [1.29, 1.82) is 0 Å². The van der Waals surface area contributed by atoms with Gasteiger partial charge in [-0.15, -0.1) is 0 Å². The second-order valence-electron chi connectivity index (χ2n) is 6.71. The maximum absolute atomic E-state index is 13.3. The van der Waals surface area contributed by atoms with Crippen LogP contribution in [0.1, 0.15) is 30.4 Å². The Labute approximate surface area is 154 Å². The van der Waals surface area contributed by atoms with E-state index in [4.69, 9.17) is 5.14 Å². The Bertz CT molecular complexity index is 943. The van der Waals surface area contributed by atoms with Gasteiger partial charge in [-0.1, -0.05) is 12.1 Å². The molecule has 1 heterocycles. The van der Waals surface area contributed by atoms with Gasteiger partial charge in [0.2, 0.25) is 10.0 Å². The van der Waals surface area contributed by atoms with E-state index in [9.17, 15) is 26.0 Å². The van der Waals surface area contributed by atoms with Gasteiger partial charge in [0.25, 0.3) is 0 Å². The van der Waals surface area contributed by atoms with E-state index in [2.05, 4.69) is 0 Å². The van der Waals surface area contributed by atoms with Gasteiger partial charge in [0.15, 0.2) is 0 Å². The SMILES string of the molecule is CC1CC(c2ccc(F)cc2)CN1c1ccc(S(N)(=O)=O)c(C(F)(F)F)c1. The first-order chi connectivity index (χ1) is 12.5. The maximum Gasteiger partial charge on any atom is 0.417 e. The van der Waals surface area contributed by atoms with Crippen LogP contribution in [0.3, 0.4) is 0 Å². The number of nitrogens with two attached hydrogens (primary N) is 1. The Hall–Kier alpha value is -2.13. The standard InChI is InChI=1S/C18H18F4N2O2S/c1-11-8-13(12-2-4-14(19)5-3-12)10-24(11)15-6-7-17(27(23,25)26)16(9-15)18(20,21)22/h2-7,9,11,13H,8,10H2,1H3,(H2,23,25,26). The number of halogens is 4. The fourth-order valence-corrected chi connectivity index (χ4v) is 4.27. The van der Waals surface area contributed by atoms with Crippen molar-refractivity contribution in [2.75, 3.05) is 11.4 Å². The van der Waals surface area contributed by atoms with E-state index in [-0.39, 0.29) is 23.5 Å². The quantitative estimate of drug-likeness (QED) is 0.793. The smallest absolute Gasteiger partial charge is 0.368 e. The molecular formula is C18H18F4N2O2S. The minimum absolute atomic E-state index is 0.0351. The van der Waals surface area contributed by atoms with E-state index >= 15 is 0 Å². The number of nitrogens with zero attached hydrogens (tertiary/aromatic N) is 1. The summed E-state index contributed by atoms with van der Waals surface area (Å²) in [6, 6.07) is 9.02. The highest BCUT2D eigenvalue weighted by atomic mass is 32.2. The highest BCUT2D eigenvalue weighted by Crippen LogP contribution is 2.40. The lowest BCUT2D eigenvalue weighted by Gasteiger charge is -2.25. The zero-order valence-electron chi connectivity index (χ0n) is 14.4. The topological polar surface area (TPSA) is 63.4 Å². The predicted octanol–water partition coefficient (Wildman–Crippen LogP) is 3.87. The molecule has 0 amide bonds. The molecule has 3 rings (SSSR count). The first kappa shape index (κ1) is 19.6. The number of hydrogen-bond donors (Lipinski definition) is 1. The van der Waals surface area contributed by atoms with Crippen LogP contribution in [0.2, 0.25) is 0 Å². The van der Waals surface area contributed by atoms with Crippen LogP contribution < -0.4 is 10.0 Å². The average Bonchev–Trinajstić information content (AvgIpc) is 2.95. The molecule has 2 aromatic carbocycles. The number of benzene rings is 2. The maximum atomic E-state index is 13.3. The molecule has 0 radical (unpaired) electrons. The van der Waals surface area contributed by atoms with Gasteiger partial charge in [-0.05, 0) is 49.2 Å². The lowest BCUT2D eigenvalue weighted by molar-refractivity contribution is -0.139. The first-order valence-electron chi connectivity index (χ1n) is 8.23. The molecule has 1 aliphatic rings. The minimum atomic E-state index is -4.85. The highest BCUT2D eigenvalue weighted by Gasteiger charge is 2.38. The number of hydrogen-bond acceptors (Lipinski definition) is 3. The Morgan fingerprint density at radius 2 is 1.74 bits per heavy atom. The molecular weight excluding hydrogens is 384 g/mol.